The third kappa shape index (κ3) is 12.2. The fourth-order valence-corrected chi connectivity index (χ4v) is 7.42. The van der Waals surface area contributed by atoms with Gasteiger partial charge in [0.15, 0.2) is 0 Å². The summed E-state index contributed by atoms with van der Waals surface area (Å²) in [6.45, 7) is 4.60. The van der Waals surface area contributed by atoms with Gasteiger partial charge in [-0.3, -0.25) is 9.69 Å². The van der Waals surface area contributed by atoms with Crippen molar-refractivity contribution in [1.29, 1.82) is 0 Å². The number of carbonyl (C=O) groups excluding carboxylic acids is 1. The second-order valence-corrected chi connectivity index (χ2v) is 14.8. The van der Waals surface area contributed by atoms with Crippen LogP contribution >= 0.6 is 0 Å². The number of hydrogen-bond acceptors (Lipinski definition) is 8. The molecule has 10 heteroatoms. The number of pyridine rings is 1. The van der Waals surface area contributed by atoms with Crippen molar-refractivity contribution in [3.8, 4) is 11.5 Å². The molecule has 1 unspecified atom stereocenters. The van der Waals surface area contributed by atoms with Crippen LogP contribution in [0.1, 0.15) is 92.2 Å². The second-order valence-electron chi connectivity index (χ2n) is 14.8. The average Bonchev–Trinajstić information content (AvgIpc) is 3.22. The standard InChI is InChI=1S/C46H56N4O6/c51-41-24-22-39(40-23-25-43(53)48-45(40)41)42(52)32-47-28-12-4-2-1-3-5-13-31-55-37-20-18-36(19-21-37)44(35-16-10-7-11-17-35)49-46(54)56-38-26-29-50(30-27-38)33-34-14-8-6-9-15-34/h6-11,14-25,38,42,44,47,51-52H,1-5,12-13,26-33H2,(H,48,53)(H,49,54)/t42-,44?/m0/s1. The van der Waals surface area contributed by atoms with Gasteiger partial charge in [-0.1, -0.05) is 111 Å². The topological polar surface area (TPSA) is 136 Å². The summed E-state index contributed by atoms with van der Waals surface area (Å²) < 4.78 is 12.0. The van der Waals surface area contributed by atoms with E-state index >= 15 is 0 Å². The molecule has 0 radical (unpaired) electrons. The van der Waals surface area contributed by atoms with Gasteiger partial charge in [-0.2, -0.15) is 0 Å². The Balaban J connectivity index is 0.837. The fourth-order valence-electron chi connectivity index (χ4n) is 7.42. The molecule has 0 aliphatic carbocycles. The maximum Gasteiger partial charge on any atom is 0.408 e. The number of aliphatic hydroxyl groups is 1. The molecule has 10 nitrogen and oxygen atoms in total. The molecular weight excluding hydrogens is 705 g/mol. The number of aliphatic hydroxyl groups excluding tert-OH is 1. The van der Waals surface area contributed by atoms with E-state index in [1.54, 1.807) is 12.1 Å². The molecule has 56 heavy (non-hydrogen) atoms. The van der Waals surface area contributed by atoms with E-state index in [1.807, 2.05) is 60.7 Å². The molecule has 1 saturated heterocycles. The number of carbonyl (C=O) groups is 1. The van der Waals surface area contributed by atoms with Gasteiger partial charge in [-0.25, -0.2) is 4.79 Å². The van der Waals surface area contributed by atoms with Crippen molar-refractivity contribution >= 4 is 17.0 Å². The SMILES string of the molecule is O=C(NC(c1ccccc1)c1ccc(OCCCCCCCCCNC[C@H](O)c2ccc(O)c3[nH]c(=O)ccc23)cc1)OC1CCN(Cc2ccccc2)CC1. The van der Waals surface area contributed by atoms with E-state index in [1.165, 1.54) is 30.5 Å². The van der Waals surface area contributed by atoms with Crippen LogP contribution in [0.5, 0.6) is 11.5 Å². The van der Waals surface area contributed by atoms with E-state index in [0.717, 1.165) is 88.0 Å². The van der Waals surface area contributed by atoms with E-state index in [2.05, 4.69) is 44.8 Å². The Bertz CT molecular complexity index is 1980. The molecular formula is C46H56N4O6. The van der Waals surface area contributed by atoms with Gasteiger partial charge in [0.05, 0.1) is 24.3 Å². The number of likely N-dealkylation sites (tertiary alicyclic amines) is 1. The van der Waals surface area contributed by atoms with Crippen molar-refractivity contribution in [2.45, 2.75) is 82.6 Å². The number of ether oxygens (including phenoxy) is 2. The molecule has 1 aromatic heterocycles. The Morgan fingerprint density at radius 3 is 2.18 bits per heavy atom. The first-order valence-electron chi connectivity index (χ1n) is 20.2. The van der Waals surface area contributed by atoms with Crippen molar-refractivity contribution in [3.05, 3.63) is 142 Å². The van der Waals surface area contributed by atoms with E-state index < -0.39 is 12.2 Å². The van der Waals surface area contributed by atoms with Crippen LogP contribution in [0, 0.1) is 0 Å². The van der Waals surface area contributed by atoms with Crippen LogP contribution in [0.3, 0.4) is 0 Å². The van der Waals surface area contributed by atoms with Gasteiger partial charge >= 0.3 is 6.09 Å². The Hall–Kier alpha value is -5.16. The quantitative estimate of drug-likeness (QED) is 0.0502. The van der Waals surface area contributed by atoms with Gasteiger partial charge in [-0.15, -0.1) is 0 Å². The van der Waals surface area contributed by atoms with Gasteiger partial charge < -0.3 is 35.3 Å². The van der Waals surface area contributed by atoms with Crippen LogP contribution < -0.4 is 20.9 Å². The normalized spacial score (nSPS) is 14.7. The predicted octanol–water partition coefficient (Wildman–Crippen LogP) is 8.15. The number of hydrogen-bond donors (Lipinski definition) is 5. The number of phenols is 1. The van der Waals surface area contributed by atoms with Crippen molar-refractivity contribution in [1.82, 2.24) is 20.5 Å². The number of rotatable bonds is 20. The summed E-state index contributed by atoms with van der Waals surface area (Å²) in [4.78, 5) is 29.9. The number of aromatic nitrogens is 1. The monoisotopic (exact) mass is 760 g/mol. The van der Waals surface area contributed by atoms with Crippen LogP contribution in [-0.4, -0.2) is 65.1 Å². The fraction of sp³-hybridized carbons (Fsp3) is 0.391. The van der Waals surface area contributed by atoms with Crippen LogP contribution in [0.2, 0.25) is 0 Å². The maximum atomic E-state index is 13.2. The molecule has 4 aromatic carbocycles. The molecule has 1 aliphatic heterocycles. The first kappa shape index (κ1) is 40.5. The third-order valence-electron chi connectivity index (χ3n) is 10.5. The lowest BCUT2D eigenvalue weighted by Gasteiger charge is -2.32. The van der Waals surface area contributed by atoms with Crippen molar-refractivity contribution in [2.24, 2.45) is 0 Å². The number of benzene rings is 4. The molecule has 6 rings (SSSR count). The number of aromatic hydroxyl groups is 1. The summed E-state index contributed by atoms with van der Waals surface area (Å²) in [5.41, 5.74) is 3.99. The number of nitrogens with one attached hydrogen (secondary N) is 3. The number of amides is 1. The zero-order valence-electron chi connectivity index (χ0n) is 32.2. The van der Waals surface area contributed by atoms with E-state index in [-0.39, 0.29) is 23.5 Å². The minimum Gasteiger partial charge on any atom is -0.506 e. The second kappa shape index (κ2) is 21.2. The van der Waals surface area contributed by atoms with Crippen LogP contribution in [0.25, 0.3) is 10.9 Å². The largest absolute Gasteiger partial charge is 0.506 e. The van der Waals surface area contributed by atoms with Crippen LogP contribution in [0.15, 0.2) is 114 Å². The Morgan fingerprint density at radius 2 is 1.45 bits per heavy atom. The van der Waals surface area contributed by atoms with Crippen LogP contribution in [-0.2, 0) is 11.3 Å². The molecule has 296 valence electrons. The van der Waals surface area contributed by atoms with E-state index in [9.17, 15) is 19.8 Å². The summed E-state index contributed by atoms with van der Waals surface area (Å²) >= 11 is 0. The number of nitrogens with zero attached hydrogens (tertiary/aromatic N) is 1. The molecule has 0 bridgehead atoms. The highest BCUT2D eigenvalue weighted by atomic mass is 16.6. The third-order valence-corrected chi connectivity index (χ3v) is 10.5. The number of aromatic amines is 1. The predicted molar refractivity (Wildman–Crippen MR) is 221 cm³/mol. The molecule has 1 aliphatic rings. The van der Waals surface area contributed by atoms with Gasteiger partial charge in [0, 0.05) is 37.6 Å². The Labute approximate surface area is 329 Å². The summed E-state index contributed by atoms with van der Waals surface area (Å²) in [7, 11) is 0. The smallest absolute Gasteiger partial charge is 0.408 e. The molecule has 0 spiro atoms. The highest BCUT2D eigenvalue weighted by Gasteiger charge is 2.25. The van der Waals surface area contributed by atoms with Gasteiger partial charge in [-0.05, 0) is 78.7 Å². The molecule has 1 amide bonds. The lowest BCUT2D eigenvalue weighted by Crippen LogP contribution is -2.40. The maximum absolute atomic E-state index is 13.2. The summed E-state index contributed by atoms with van der Waals surface area (Å²) in [6.07, 6.45) is 8.19. The number of alkyl carbamates (subject to hydrolysis) is 1. The highest BCUT2D eigenvalue weighted by molar-refractivity contribution is 5.87. The van der Waals surface area contributed by atoms with Crippen molar-refractivity contribution in [3.63, 3.8) is 0 Å². The number of piperidine rings is 1. The van der Waals surface area contributed by atoms with E-state index in [4.69, 9.17) is 9.47 Å². The Morgan fingerprint density at radius 1 is 0.786 bits per heavy atom. The molecule has 5 aromatic rings. The lowest BCUT2D eigenvalue weighted by molar-refractivity contribution is 0.0476. The molecule has 2 atom stereocenters. The summed E-state index contributed by atoms with van der Waals surface area (Å²) in [6, 6.07) is 34.3. The minimum atomic E-state index is -0.743. The first-order chi connectivity index (χ1) is 27.4. The van der Waals surface area contributed by atoms with Gasteiger partial charge in [0.25, 0.3) is 0 Å². The first-order valence-corrected chi connectivity index (χ1v) is 20.2. The summed E-state index contributed by atoms with van der Waals surface area (Å²) in [5.74, 6) is 0.806. The lowest BCUT2D eigenvalue weighted by atomic mass is 9.99. The average molecular weight is 761 g/mol. The minimum absolute atomic E-state index is 0.00977. The molecule has 0 saturated carbocycles. The highest BCUT2D eigenvalue weighted by Crippen LogP contribution is 2.29. The number of H-pyrrole nitrogens is 1. The Kier molecular flexibility index (Phi) is 15.4. The van der Waals surface area contributed by atoms with Crippen LogP contribution in [0.4, 0.5) is 4.79 Å². The van der Waals surface area contributed by atoms with Gasteiger partial charge in [0.2, 0.25) is 5.56 Å². The van der Waals surface area contributed by atoms with Crippen molar-refractivity contribution < 1.29 is 24.5 Å². The zero-order chi connectivity index (χ0) is 39.0. The molecule has 5 N–H and O–H groups in total. The molecule has 1 fully saturated rings. The summed E-state index contributed by atoms with van der Waals surface area (Å²) in [5, 5.41) is 27.9. The zero-order valence-corrected chi connectivity index (χ0v) is 32.2. The van der Waals surface area contributed by atoms with E-state index in [0.29, 0.717) is 29.6 Å². The number of unbranched alkanes of at least 4 members (excludes halogenated alkanes) is 6. The number of fused-ring (bicyclic) bond motifs is 1. The molecule has 2 heterocycles. The number of phenolic OH excluding ortho intramolecular Hbond substituents is 1. The van der Waals surface area contributed by atoms with Gasteiger partial charge in [0.1, 0.15) is 17.6 Å². The van der Waals surface area contributed by atoms with Crippen molar-refractivity contribution in [2.75, 3.05) is 32.8 Å².